The number of aromatic nitrogens is 1. The number of likely N-dealkylation sites (N-methyl/N-ethyl adjacent to an activating group) is 1. The Balaban J connectivity index is 1.46. The maximum absolute atomic E-state index is 14.2. The predicted molar refractivity (Wildman–Crippen MR) is 159 cm³/mol. The lowest BCUT2D eigenvalue weighted by atomic mass is 10.0. The van der Waals surface area contributed by atoms with Crippen LogP contribution in [0, 0.1) is 5.92 Å². The number of carbonyl (C=O) groups excluding carboxylic acids is 3. The van der Waals surface area contributed by atoms with Crippen LogP contribution in [0.3, 0.4) is 0 Å². The van der Waals surface area contributed by atoms with Crippen LogP contribution in [-0.2, 0) is 20.8 Å². The van der Waals surface area contributed by atoms with Gasteiger partial charge in [-0.1, -0.05) is 44.2 Å². The molecule has 4 heterocycles. The Morgan fingerprint density at radius 1 is 1.07 bits per heavy atom. The summed E-state index contributed by atoms with van der Waals surface area (Å²) in [7, 11) is 3.76. The first kappa shape index (κ1) is 28.4. The van der Waals surface area contributed by atoms with Crippen molar-refractivity contribution in [1.82, 2.24) is 25.4 Å². The molecule has 3 aromatic rings. The van der Waals surface area contributed by atoms with Crippen LogP contribution >= 0.6 is 0 Å². The average Bonchev–Trinajstić information content (AvgIpc) is 3.55. The highest BCUT2D eigenvalue weighted by Gasteiger charge is 2.46. The van der Waals surface area contributed by atoms with E-state index < -0.39 is 24.2 Å². The number of nitrogens with one attached hydrogen (secondary N) is 3. The number of aromatic amines is 1. The summed E-state index contributed by atoms with van der Waals surface area (Å²) in [5.74, 6) is -0.0269. The number of hydrogen-bond acceptors (Lipinski definition) is 5. The molecule has 6 rings (SSSR count). The number of amides is 3. The predicted octanol–water partition coefficient (Wildman–Crippen LogP) is 3.32. The number of likely N-dealkylation sites (tertiary alicyclic amines) is 1. The minimum Gasteiger partial charge on any atom is -0.488 e. The fraction of sp³-hybridized carbons (Fsp3) is 0.406. The molecule has 3 aliphatic rings. The minimum absolute atomic E-state index is 0.143. The first-order valence-corrected chi connectivity index (χ1v) is 14.3. The van der Waals surface area contributed by atoms with Gasteiger partial charge < -0.3 is 25.3 Å². The Morgan fingerprint density at radius 3 is 2.56 bits per heavy atom. The van der Waals surface area contributed by atoms with Gasteiger partial charge >= 0.3 is 0 Å². The molecule has 9 nitrogen and oxygen atoms in total. The van der Waals surface area contributed by atoms with Crippen LogP contribution in [0.25, 0.3) is 17.0 Å². The number of benzene rings is 2. The van der Waals surface area contributed by atoms with E-state index in [2.05, 4.69) is 15.6 Å². The van der Waals surface area contributed by atoms with Gasteiger partial charge in [-0.2, -0.15) is 0 Å². The van der Waals surface area contributed by atoms with E-state index in [1.54, 1.807) is 17.2 Å². The van der Waals surface area contributed by atoms with Gasteiger partial charge in [0.1, 0.15) is 23.9 Å². The van der Waals surface area contributed by atoms with Crippen molar-refractivity contribution in [3.05, 3.63) is 72.1 Å². The second-order valence-corrected chi connectivity index (χ2v) is 11.6. The highest BCUT2D eigenvalue weighted by atomic mass is 16.5. The molecule has 0 saturated carbocycles. The summed E-state index contributed by atoms with van der Waals surface area (Å²) in [4.78, 5) is 48.1. The first-order valence-electron chi connectivity index (χ1n) is 14.3. The number of H-pyrrole nitrogens is 1. The van der Waals surface area contributed by atoms with E-state index in [1.807, 2.05) is 87.6 Å². The summed E-state index contributed by atoms with van der Waals surface area (Å²) in [6.45, 7) is 4.39. The number of nitrogens with zero attached hydrogens (tertiary/aromatic N) is 2. The van der Waals surface area contributed by atoms with Gasteiger partial charge in [0.25, 0.3) is 0 Å². The van der Waals surface area contributed by atoms with E-state index in [9.17, 15) is 14.4 Å². The molecule has 2 aromatic carbocycles. The molecule has 9 heteroatoms. The lowest BCUT2D eigenvalue weighted by Gasteiger charge is -2.33. The first-order chi connectivity index (χ1) is 19.7. The minimum atomic E-state index is -0.881. The van der Waals surface area contributed by atoms with Crippen molar-refractivity contribution in [2.24, 2.45) is 5.92 Å². The number of hydrogen-bond donors (Lipinski definition) is 3. The van der Waals surface area contributed by atoms with Gasteiger partial charge in [0.05, 0.1) is 6.04 Å². The maximum atomic E-state index is 14.2. The van der Waals surface area contributed by atoms with E-state index in [1.165, 1.54) is 0 Å². The molecule has 1 fully saturated rings. The molecule has 4 unspecified atom stereocenters. The number of carbonyl (C=O) groups is 3. The van der Waals surface area contributed by atoms with E-state index in [0.29, 0.717) is 31.6 Å². The number of rotatable bonds is 6. The normalized spacial score (nSPS) is 21.9. The molecule has 216 valence electrons. The van der Waals surface area contributed by atoms with Crippen LogP contribution < -0.4 is 15.4 Å². The third-order valence-electron chi connectivity index (χ3n) is 7.90. The smallest absolute Gasteiger partial charge is 0.247 e. The molecule has 0 spiro atoms. The fourth-order valence-electron chi connectivity index (χ4n) is 5.75. The van der Waals surface area contributed by atoms with Gasteiger partial charge in [-0.3, -0.25) is 19.3 Å². The molecule has 0 radical (unpaired) electrons. The second-order valence-electron chi connectivity index (χ2n) is 11.6. The molecule has 1 saturated heterocycles. The summed E-state index contributed by atoms with van der Waals surface area (Å²) in [6.07, 6.45) is 6.23. The largest absolute Gasteiger partial charge is 0.488 e. The van der Waals surface area contributed by atoms with Crippen molar-refractivity contribution in [3.8, 4) is 5.75 Å². The van der Waals surface area contributed by atoms with Gasteiger partial charge in [0.15, 0.2) is 0 Å². The van der Waals surface area contributed by atoms with Crippen LogP contribution in [0.5, 0.6) is 5.75 Å². The molecule has 3 aliphatic heterocycles. The Morgan fingerprint density at radius 2 is 1.83 bits per heavy atom. The molecule has 41 heavy (non-hydrogen) atoms. The van der Waals surface area contributed by atoms with Gasteiger partial charge in [-0.25, -0.2) is 0 Å². The van der Waals surface area contributed by atoms with E-state index >= 15 is 0 Å². The van der Waals surface area contributed by atoms with Crippen molar-refractivity contribution >= 4 is 34.7 Å². The van der Waals surface area contributed by atoms with Crippen LogP contribution in [0.2, 0.25) is 0 Å². The molecular formula is C32H39N5O4. The third kappa shape index (κ3) is 6.30. The Kier molecular flexibility index (Phi) is 8.44. The zero-order chi connectivity index (χ0) is 29.1. The fourth-order valence-corrected chi connectivity index (χ4v) is 5.75. The van der Waals surface area contributed by atoms with Crippen LogP contribution in [0.4, 0.5) is 0 Å². The highest BCUT2D eigenvalue weighted by Crippen LogP contribution is 2.28. The molecule has 4 atom stereocenters. The van der Waals surface area contributed by atoms with E-state index in [0.717, 1.165) is 22.0 Å². The molecule has 2 bridgehead atoms. The van der Waals surface area contributed by atoms with Crippen molar-refractivity contribution < 1.29 is 19.1 Å². The van der Waals surface area contributed by atoms with Crippen LogP contribution in [0.1, 0.15) is 37.8 Å². The van der Waals surface area contributed by atoms with Crippen molar-refractivity contribution in [3.63, 3.8) is 0 Å². The van der Waals surface area contributed by atoms with Gasteiger partial charge in [-0.05, 0) is 68.3 Å². The van der Waals surface area contributed by atoms with Crippen molar-refractivity contribution in [2.75, 3.05) is 20.6 Å². The zero-order valence-corrected chi connectivity index (χ0v) is 24.1. The number of ether oxygens (including phenoxy) is 1. The topological polar surface area (TPSA) is 107 Å². The number of fused-ring (bicyclic) bond motifs is 8. The highest BCUT2D eigenvalue weighted by molar-refractivity contribution is 5.94. The Labute approximate surface area is 240 Å². The van der Waals surface area contributed by atoms with Gasteiger partial charge in [-0.15, -0.1) is 0 Å². The molecule has 3 N–H and O–H groups in total. The summed E-state index contributed by atoms with van der Waals surface area (Å²) in [5.41, 5.74) is 2.96. The van der Waals surface area contributed by atoms with E-state index in [-0.39, 0.29) is 23.6 Å². The maximum Gasteiger partial charge on any atom is 0.247 e. The van der Waals surface area contributed by atoms with Crippen molar-refractivity contribution in [1.29, 1.82) is 0 Å². The lowest BCUT2D eigenvalue weighted by molar-refractivity contribution is -0.144. The third-order valence-corrected chi connectivity index (χ3v) is 7.90. The van der Waals surface area contributed by atoms with Gasteiger partial charge in [0, 0.05) is 36.3 Å². The molecular weight excluding hydrogens is 518 g/mol. The molecule has 3 amide bonds. The summed E-state index contributed by atoms with van der Waals surface area (Å²) >= 11 is 0. The second kappa shape index (κ2) is 12.2. The number of para-hydroxylation sites is 1. The van der Waals surface area contributed by atoms with Crippen molar-refractivity contribution in [2.45, 2.75) is 57.3 Å². The Hall–Kier alpha value is -4.11. The quantitative estimate of drug-likeness (QED) is 0.431. The Bertz CT molecular complexity index is 1430. The zero-order valence-electron chi connectivity index (χ0n) is 24.1. The van der Waals surface area contributed by atoms with Crippen LogP contribution in [0.15, 0.2) is 60.9 Å². The summed E-state index contributed by atoms with van der Waals surface area (Å²) < 4.78 is 6.34. The van der Waals surface area contributed by atoms with Gasteiger partial charge in [0.2, 0.25) is 17.7 Å². The van der Waals surface area contributed by atoms with Crippen LogP contribution in [-0.4, -0.2) is 77.4 Å². The van der Waals surface area contributed by atoms with E-state index in [4.69, 9.17) is 4.74 Å². The molecule has 1 aromatic heterocycles. The summed E-state index contributed by atoms with van der Waals surface area (Å²) in [6, 6.07) is 13.4. The summed E-state index contributed by atoms with van der Waals surface area (Å²) in [5, 5.41) is 6.84. The monoisotopic (exact) mass is 557 g/mol. The standard InChI is InChI=1S/C32H39N5O4/c1-20(2)17-26-30(38)33-15-13-21-9-11-23(12-10-21)41-28-14-16-37(29(28)31(39)35-26)32(40)27(36(3)4)18-22-19-34-25-8-6-5-7-24(22)25/h5-13,15,19-20,26-29,34H,14,16-18H2,1-4H3,(H,33,38)(H,35,39). The average molecular weight is 558 g/mol. The molecule has 0 aliphatic carbocycles. The lowest BCUT2D eigenvalue weighted by Crippen LogP contribution is -2.58. The SMILES string of the molecule is CC(C)CC1NC(=O)C2C(CCN2C(=O)C(Cc2c[nH]c3ccccc23)N(C)C)Oc2ccc(cc2)C=CNC1=O.